The van der Waals surface area contributed by atoms with E-state index in [4.69, 9.17) is 0 Å². The van der Waals surface area contributed by atoms with Gasteiger partial charge in [-0.3, -0.25) is 4.79 Å². The molecule has 0 radical (unpaired) electrons. The Morgan fingerprint density at radius 3 is 2.64 bits per heavy atom. The molecule has 1 aliphatic heterocycles. The molecule has 122 valence electrons. The molecule has 0 bridgehead atoms. The van der Waals surface area contributed by atoms with E-state index in [0.29, 0.717) is 17.5 Å². The fourth-order valence-electron chi connectivity index (χ4n) is 3.27. The SMILES string of the molecule is O=C(CC1CCS(=O)(=O)C1)Nc1nnc(C2CCCCC2)s1. The molecule has 0 spiro atoms. The van der Waals surface area contributed by atoms with Gasteiger partial charge >= 0.3 is 0 Å². The normalized spacial score (nSPS) is 25.2. The summed E-state index contributed by atoms with van der Waals surface area (Å²) in [6.45, 7) is 0. The number of carbonyl (C=O) groups is 1. The topological polar surface area (TPSA) is 89.0 Å². The molecule has 8 heteroatoms. The smallest absolute Gasteiger partial charge is 0.226 e. The summed E-state index contributed by atoms with van der Waals surface area (Å²) in [5.74, 6) is 0.598. The first-order chi connectivity index (χ1) is 10.5. The first kappa shape index (κ1) is 15.9. The van der Waals surface area contributed by atoms with Gasteiger partial charge in [-0.1, -0.05) is 30.6 Å². The summed E-state index contributed by atoms with van der Waals surface area (Å²) >= 11 is 1.45. The Kier molecular flexibility index (Phi) is 4.77. The molecule has 1 amide bonds. The van der Waals surface area contributed by atoms with Gasteiger partial charge in [-0.25, -0.2) is 8.42 Å². The van der Waals surface area contributed by atoms with Gasteiger partial charge in [0.2, 0.25) is 11.0 Å². The van der Waals surface area contributed by atoms with Crippen molar-refractivity contribution in [3.8, 4) is 0 Å². The maximum atomic E-state index is 12.0. The Labute approximate surface area is 134 Å². The summed E-state index contributed by atoms with van der Waals surface area (Å²) in [6, 6.07) is 0. The third kappa shape index (κ3) is 4.04. The standard InChI is InChI=1S/C14H21N3O3S2/c18-12(8-10-6-7-22(19,20)9-10)15-14-17-16-13(21-14)11-4-2-1-3-5-11/h10-11H,1-9H2,(H,15,17,18). The Morgan fingerprint density at radius 1 is 1.18 bits per heavy atom. The van der Waals surface area contributed by atoms with Gasteiger partial charge in [0.1, 0.15) is 5.01 Å². The third-order valence-electron chi connectivity index (χ3n) is 4.44. The van der Waals surface area contributed by atoms with E-state index in [0.717, 1.165) is 17.8 Å². The molecule has 1 saturated heterocycles. The highest BCUT2D eigenvalue weighted by Gasteiger charge is 2.29. The van der Waals surface area contributed by atoms with E-state index >= 15 is 0 Å². The Balaban J connectivity index is 1.52. The van der Waals surface area contributed by atoms with E-state index in [-0.39, 0.29) is 29.8 Å². The monoisotopic (exact) mass is 343 g/mol. The van der Waals surface area contributed by atoms with Crippen LogP contribution in [0.2, 0.25) is 0 Å². The second-order valence-electron chi connectivity index (χ2n) is 6.30. The summed E-state index contributed by atoms with van der Waals surface area (Å²) in [5.41, 5.74) is 0. The summed E-state index contributed by atoms with van der Waals surface area (Å²) in [4.78, 5) is 12.0. The summed E-state index contributed by atoms with van der Waals surface area (Å²) in [5, 5.41) is 12.6. The Bertz CT molecular complexity index is 636. The minimum atomic E-state index is -2.93. The molecule has 3 rings (SSSR count). The number of nitrogens with zero attached hydrogens (tertiary/aromatic N) is 2. The van der Waals surface area contributed by atoms with Gasteiger partial charge in [-0.15, -0.1) is 10.2 Å². The second-order valence-corrected chi connectivity index (χ2v) is 9.54. The molecule has 2 heterocycles. The quantitative estimate of drug-likeness (QED) is 0.906. The zero-order valence-electron chi connectivity index (χ0n) is 12.5. The van der Waals surface area contributed by atoms with E-state index in [9.17, 15) is 13.2 Å². The number of hydrogen-bond acceptors (Lipinski definition) is 6. The lowest BCUT2D eigenvalue weighted by Gasteiger charge is -2.18. The van der Waals surface area contributed by atoms with Crippen LogP contribution < -0.4 is 5.32 Å². The summed E-state index contributed by atoms with van der Waals surface area (Å²) in [7, 11) is -2.93. The van der Waals surface area contributed by atoms with Crippen LogP contribution in [-0.2, 0) is 14.6 Å². The van der Waals surface area contributed by atoms with Gasteiger partial charge in [0.25, 0.3) is 0 Å². The van der Waals surface area contributed by atoms with Crippen molar-refractivity contribution in [3.63, 3.8) is 0 Å². The molecule has 1 atom stereocenters. The van der Waals surface area contributed by atoms with Crippen LogP contribution in [0, 0.1) is 5.92 Å². The van der Waals surface area contributed by atoms with Gasteiger partial charge in [0.05, 0.1) is 11.5 Å². The minimum absolute atomic E-state index is 0.0595. The largest absolute Gasteiger partial charge is 0.301 e. The number of sulfone groups is 1. The highest BCUT2D eigenvalue weighted by molar-refractivity contribution is 7.91. The van der Waals surface area contributed by atoms with Crippen molar-refractivity contribution in [2.24, 2.45) is 5.92 Å². The lowest BCUT2D eigenvalue weighted by molar-refractivity contribution is -0.116. The number of hydrogen-bond donors (Lipinski definition) is 1. The number of rotatable bonds is 4. The van der Waals surface area contributed by atoms with E-state index in [1.807, 2.05) is 0 Å². The van der Waals surface area contributed by atoms with E-state index < -0.39 is 9.84 Å². The van der Waals surface area contributed by atoms with E-state index in [1.165, 1.54) is 30.6 Å². The van der Waals surface area contributed by atoms with Crippen LogP contribution in [0.3, 0.4) is 0 Å². The van der Waals surface area contributed by atoms with Gasteiger partial charge in [0.15, 0.2) is 9.84 Å². The molecular weight excluding hydrogens is 322 g/mol. The highest BCUT2D eigenvalue weighted by atomic mass is 32.2. The first-order valence-corrected chi connectivity index (χ1v) is 10.5. The number of anilines is 1. The molecule has 2 aliphatic rings. The molecule has 2 fully saturated rings. The van der Waals surface area contributed by atoms with Crippen molar-refractivity contribution in [2.45, 2.75) is 50.9 Å². The average molecular weight is 343 g/mol. The van der Waals surface area contributed by atoms with Crippen molar-refractivity contribution >= 4 is 32.2 Å². The highest BCUT2D eigenvalue weighted by Crippen LogP contribution is 2.35. The molecule has 1 aromatic rings. The van der Waals surface area contributed by atoms with Gasteiger partial charge < -0.3 is 5.32 Å². The molecule has 1 saturated carbocycles. The van der Waals surface area contributed by atoms with Crippen LogP contribution in [-0.4, -0.2) is 36.0 Å². The van der Waals surface area contributed by atoms with E-state index in [2.05, 4.69) is 15.5 Å². The lowest BCUT2D eigenvalue weighted by atomic mass is 9.90. The Morgan fingerprint density at radius 2 is 1.95 bits per heavy atom. The summed E-state index contributed by atoms with van der Waals surface area (Å²) < 4.78 is 22.8. The molecule has 1 aliphatic carbocycles. The lowest BCUT2D eigenvalue weighted by Crippen LogP contribution is -2.17. The van der Waals surface area contributed by atoms with Gasteiger partial charge in [-0.2, -0.15) is 0 Å². The fourth-order valence-corrected chi connectivity index (χ4v) is 6.06. The van der Waals surface area contributed by atoms with Crippen molar-refractivity contribution in [3.05, 3.63) is 5.01 Å². The molecular formula is C14H21N3O3S2. The number of amides is 1. The van der Waals surface area contributed by atoms with Crippen LogP contribution >= 0.6 is 11.3 Å². The van der Waals surface area contributed by atoms with Crippen molar-refractivity contribution < 1.29 is 13.2 Å². The third-order valence-corrected chi connectivity index (χ3v) is 7.28. The predicted octanol–water partition coefficient (Wildman–Crippen LogP) is 2.35. The minimum Gasteiger partial charge on any atom is -0.301 e. The fraction of sp³-hybridized carbons (Fsp3) is 0.786. The van der Waals surface area contributed by atoms with Crippen LogP contribution in [0.5, 0.6) is 0 Å². The number of nitrogens with one attached hydrogen (secondary N) is 1. The van der Waals surface area contributed by atoms with Crippen LogP contribution in [0.1, 0.15) is 55.9 Å². The van der Waals surface area contributed by atoms with Crippen molar-refractivity contribution in [1.29, 1.82) is 0 Å². The van der Waals surface area contributed by atoms with E-state index in [1.54, 1.807) is 0 Å². The molecule has 6 nitrogen and oxygen atoms in total. The van der Waals surface area contributed by atoms with Crippen molar-refractivity contribution in [1.82, 2.24) is 10.2 Å². The Hall–Kier alpha value is -1.02. The van der Waals surface area contributed by atoms with Crippen LogP contribution in [0.25, 0.3) is 0 Å². The molecule has 0 aromatic carbocycles. The molecule has 1 aromatic heterocycles. The summed E-state index contributed by atoms with van der Waals surface area (Å²) in [6.07, 6.45) is 6.91. The second kappa shape index (κ2) is 6.62. The van der Waals surface area contributed by atoms with Gasteiger partial charge in [-0.05, 0) is 25.2 Å². The molecule has 1 unspecified atom stereocenters. The zero-order chi connectivity index (χ0) is 15.6. The maximum Gasteiger partial charge on any atom is 0.226 e. The van der Waals surface area contributed by atoms with Crippen LogP contribution in [0.4, 0.5) is 5.13 Å². The van der Waals surface area contributed by atoms with Crippen LogP contribution in [0.15, 0.2) is 0 Å². The molecule has 22 heavy (non-hydrogen) atoms. The first-order valence-electron chi connectivity index (χ1n) is 7.85. The average Bonchev–Trinajstić information content (AvgIpc) is 3.06. The zero-order valence-corrected chi connectivity index (χ0v) is 14.1. The predicted molar refractivity (Wildman–Crippen MR) is 85.7 cm³/mol. The van der Waals surface area contributed by atoms with Crippen molar-refractivity contribution in [2.75, 3.05) is 16.8 Å². The number of carbonyl (C=O) groups excluding carboxylic acids is 1. The van der Waals surface area contributed by atoms with Gasteiger partial charge in [0, 0.05) is 12.3 Å². The number of aromatic nitrogens is 2. The molecule has 1 N–H and O–H groups in total. The maximum absolute atomic E-state index is 12.0.